The van der Waals surface area contributed by atoms with Crippen molar-refractivity contribution in [3.8, 4) is 5.88 Å². The smallest absolute Gasteiger partial charge is 0.422 e. The van der Waals surface area contributed by atoms with E-state index in [1.54, 1.807) is 4.90 Å². The second-order valence-corrected chi connectivity index (χ2v) is 6.43. The molecule has 1 amide bonds. The zero-order valence-corrected chi connectivity index (χ0v) is 14.6. The monoisotopic (exact) mass is 391 g/mol. The topological polar surface area (TPSA) is 72.6 Å². The van der Waals surface area contributed by atoms with E-state index in [1.165, 1.54) is 18.3 Å². The first-order valence-corrected chi connectivity index (χ1v) is 8.68. The van der Waals surface area contributed by atoms with Gasteiger partial charge in [0, 0.05) is 25.0 Å². The van der Waals surface area contributed by atoms with E-state index >= 15 is 0 Å². The molecular formula is C18H16F3N5O2. The van der Waals surface area contributed by atoms with Crippen molar-refractivity contribution in [3.63, 3.8) is 0 Å². The van der Waals surface area contributed by atoms with Crippen LogP contribution in [0.2, 0.25) is 0 Å². The molecule has 1 fully saturated rings. The Morgan fingerprint density at radius 3 is 2.82 bits per heavy atom. The van der Waals surface area contributed by atoms with Crippen molar-refractivity contribution in [1.29, 1.82) is 0 Å². The lowest BCUT2D eigenvalue weighted by Gasteiger charge is -2.23. The van der Waals surface area contributed by atoms with E-state index in [-0.39, 0.29) is 23.4 Å². The van der Waals surface area contributed by atoms with Crippen LogP contribution in [0, 0.1) is 0 Å². The zero-order chi connectivity index (χ0) is 19.7. The highest BCUT2D eigenvalue weighted by Gasteiger charge is 2.34. The molecular weight excluding hydrogens is 375 g/mol. The number of hydrogen-bond acceptors (Lipinski definition) is 5. The van der Waals surface area contributed by atoms with Crippen molar-refractivity contribution in [3.05, 3.63) is 54.1 Å². The van der Waals surface area contributed by atoms with E-state index in [9.17, 15) is 18.0 Å². The van der Waals surface area contributed by atoms with Gasteiger partial charge in [-0.3, -0.25) is 9.20 Å². The number of carbonyl (C=O) groups excluding carboxylic acids is 1. The maximum absolute atomic E-state index is 12.9. The summed E-state index contributed by atoms with van der Waals surface area (Å²) in [6, 6.07) is 8.01. The van der Waals surface area contributed by atoms with Crippen LogP contribution in [0.5, 0.6) is 5.88 Å². The Morgan fingerprint density at radius 2 is 2.07 bits per heavy atom. The Labute approximate surface area is 157 Å². The van der Waals surface area contributed by atoms with Crippen LogP contribution in [0.1, 0.15) is 35.1 Å². The summed E-state index contributed by atoms with van der Waals surface area (Å²) >= 11 is 0. The highest BCUT2D eigenvalue weighted by Crippen LogP contribution is 2.32. The SMILES string of the molecule is O=C(c1ccc(OCC(F)(F)F)nc1)N1CCC[C@@H]1c1nnc2ccccn12. The molecule has 0 aliphatic carbocycles. The second kappa shape index (κ2) is 7.10. The summed E-state index contributed by atoms with van der Waals surface area (Å²) in [6.45, 7) is -0.876. The third-order valence-electron chi connectivity index (χ3n) is 4.52. The van der Waals surface area contributed by atoms with Gasteiger partial charge in [-0.15, -0.1) is 10.2 Å². The molecule has 0 saturated carbocycles. The first-order valence-electron chi connectivity index (χ1n) is 8.68. The molecule has 4 rings (SSSR count). The standard InChI is InChI=1S/C18H16F3N5O2/c19-18(20,21)11-28-15-7-6-12(10-22-15)17(27)25-9-3-4-13(25)16-24-23-14-5-1-2-8-26(14)16/h1-2,5-8,10,13H,3-4,9,11H2/t13-/m1/s1. The van der Waals surface area contributed by atoms with Gasteiger partial charge in [0.1, 0.15) is 0 Å². The molecule has 1 aliphatic rings. The number of carbonyl (C=O) groups is 1. The molecule has 1 saturated heterocycles. The molecule has 0 aromatic carbocycles. The van der Waals surface area contributed by atoms with E-state index in [0.29, 0.717) is 18.0 Å². The van der Waals surface area contributed by atoms with Crippen LogP contribution in [0.3, 0.4) is 0 Å². The van der Waals surface area contributed by atoms with Gasteiger partial charge in [-0.2, -0.15) is 13.2 Å². The quantitative estimate of drug-likeness (QED) is 0.684. The second-order valence-electron chi connectivity index (χ2n) is 6.43. The Bertz CT molecular complexity index is 987. The van der Waals surface area contributed by atoms with Crippen molar-refractivity contribution >= 4 is 11.6 Å². The van der Waals surface area contributed by atoms with Gasteiger partial charge in [0.05, 0.1) is 11.6 Å². The fourth-order valence-corrected chi connectivity index (χ4v) is 3.28. The number of amides is 1. The van der Waals surface area contributed by atoms with Gasteiger partial charge in [-0.25, -0.2) is 4.98 Å². The Kier molecular flexibility index (Phi) is 4.62. The van der Waals surface area contributed by atoms with Crippen molar-refractivity contribution in [1.82, 2.24) is 24.5 Å². The lowest BCUT2D eigenvalue weighted by molar-refractivity contribution is -0.154. The molecule has 0 spiro atoms. The molecule has 1 atom stereocenters. The number of pyridine rings is 2. The fraction of sp³-hybridized carbons (Fsp3) is 0.333. The molecule has 7 nitrogen and oxygen atoms in total. The van der Waals surface area contributed by atoms with Gasteiger partial charge in [0.25, 0.3) is 5.91 Å². The van der Waals surface area contributed by atoms with Crippen LogP contribution in [0.25, 0.3) is 5.65 Å². The Balaban J connectivity index is 1.52. The number of fused-ring (bicyclic) bond motifs is 1. The number of halogens is 3. The van der Waals surface area contributed by atoms with Crippen LogP contribution in [-0.2, 0) is 0 Å². The van der Waals surface area contributed by atoms with Gasteiger partial charge in [-0.05, 0) is 31.0 Å². The molecule has 0 radical (unpaired) electrons. The minimum absolute atomic E-state index is 0.185. The highest BCUT2D eigenvalue weighted by molar-refractivity contribution is 5.94. The molecule has 0 N–H and O–H groups in total. The summed E-state index contributed by atoms with van der Waals surface area (Å²) in [6.07, 6.45) is 0.200. The van der Waals surface area contributed by atoms with E-state index in [0.717, 1.165) is 12.8 Å². The van der Waals surface area contributed by atoms with Gasteiger partial charge < -0.3 is 9.64 Å². The number of nitrogens with zero attached hydrogens (tertiary/aromatic N) is 5. The van der Waals surface area contributed by atoms with E-state index in [1.807, 2.05) is 28.8 Å². The summed E-state index contributed by atoms with van der Waals surface area (Å²) in [5, 5.41) is 8.38. The predicted octanol–water partition coefficient (Wildman–Crippen LogP) is 3.04. The van der Waals surface area contributed by atoms with Crippen LogP contribution in [0.4, 0.5) is 13.2 Å². The first kappa shape index (κ1) is 18.2. The molecule has 1 aliphatic heterocycles. The third kappa shape index (κ3) is 3.62. The lowest BCUT2D eigenvalue weighted by Crippen LogP contribution is -2.31. The number of rotatable bonds is 4. The van der Waals surface area contributed by atoms with E-state index in [4.69, 9.17) is 0 Å². The van der Waals surface area contributed by atoms with Crippen LogP contribution in [0.15, 0.2) is 42.7 Å². The molecule has 3 aromatic rings. The largest absolute Gasteiger partial charge is 0.468 e. The summed E-state index contributed by atoms with van der Waals surface area (Å²) in [5.74, 6) is 0.236. The normalized spacial score (nSPS) is 17.2. The number of alkyl halides is 3. The van der Waals surface area contributed by atoms with Crippen molar-refractivity contribution in [2.75, 3.05) is 13.2 Å². The first-order chi connectivity index (χ1) is 13.4. The van der Waals surface area contributed by atoms with Crippen LogP contribution >= 0.6 is 0 Å². The summed E-state index contributed by atoms with van der Waals surface area (Å²) in [4.78, 5) is 18.4. The fourth-order valence-electron chi connectivity index (χ4n) is 3.28. The summed E-state index contributed by atoms with van der Waals surface area (Å²) < 4.78 is 43.1. The zero-order valence-electron chi connectivity index (χ0n) is 14.6. The predicted molar refractivity (Wildman–Crippen MR) is 91.8 cm³/mol. The van der Waals surface area contributed by atoms with Gasteiger partial charge in [-0.1, -0.05) is 6.07 Å². The number of aromatic nitrogens is 4. The van der Waals surface area contributed by atoms with Gasteiger partial charge >= 0.3 is 6.18 Å². The Morgan fingerprint density at radius 1 is 1.21 bits per heavy atom. The number of ether oxygens (including phenoxy) is 1. The highest BCUT2D eigenvalue weighted by atomic mass is 19.4. The maximum atomic E-state index is 12.9. The molecule has 0 bridgehead atoms. The lowest BCUT2D eigenvalue weighted by atomic mass is 10.2. The van der Waals surface area contributed by atoms with Gasteiger partial charge in [0.2, 0.25) is 5.88 Å². The van der Waals surface area contributed by atoms with Crippen molar-refractivity contribution in [2.24, 2.45) is 0 Å². The van der Waals surface area contributed by atoms with Crippen molar-refractivity contribution in [2.45, 2.75) is 25.1 Å². The molecule has 3 aromatic heterocycles. The average Bonchev–Trinajstić information content (AvgIpc) is 3.32. The Hall–Kier alpha value is -3.17. The molecule has 10 heteroatoms. The minimum atomic E-state index is -4.44. The molecule has 4 heterocycles. The average molecular weight is 391 g/mol. The summed E-state index contributed by atoms with van der Waals surface area (Å²) in [7, 11) is 0. The van der Waals surface area contributed by atoms with Gasteiger partial charge in [0.15, 0.2) is 18.1 Å². The van der Waals surface area contributed by atoms with Crippen LogP contribution in [-0.4, -0.2) is 49.7 Å². The van der Waals surface area contributed by atoms with Crippen molar-refractivity contribution < 1.29 is 22.7 Å². The van der Waals surface area contributed by atoms with Crippen LogP contribution < -0.4 is 4.74 Å². The number of hydrogen-bond donors (Lipinski definition) is 0. The number of likely N-dealkylation sites (tertiary alicyclic amines) is 1. The third-order valence-corrected chi connectivity index (χ3v) is 4.52. The molecule has 28 heavy (non-hydrogen) atoms. The van der Waals surface area contributed by atoms with E-state index < -0.39 is 12.8 Å². The summed E-state index contributed by atoms with van der Waals surface area (Å²) in [5.41, 5.74) is 0.977. The molecule has 0 unspecified atom stereocenters. The minimum Gasteiger partial charge on any atom is -0.468 e. The molecule has 146 valence electrons. The van der Waals surface area contributed by atoms with E-state index in [2.05, 4.69) is 19.9 Å². The maximum Gasteiger partial charge on any atom is 0.422 e.